The van der Waals surface area contributed by atoms with E-state index in [1.807, 2.05) is 0 Å². The highest BCUT2D eigenvalue weighted by Crippen LogP contribution is 2.54. The number of nitrogens with two attached hydrogens (primary N) is 1. The lowest BCUT2D eigenvalue weighted by molar-refractivity contribution is -0.384. The Morgan fingerprint density at radius 2 is 1.62 bits per heavy atom. The number of amides is 3. The lowest BCUT2D eigenvalue weighted by Crippen LogP contribution is -2.33. The molecule has 4 aromatic rings. The number of hydrogen-bond donors (Lipinski definition) is 2. The van der Waals surface area contributed by atoms with Crippen LogP contribution in [0.1, 0.15) is 16.4 Å². The molecular weight excluding hydrogens is 666 g/mol. The van der Waals surface area contributed by atoms with Gasteiger partial charge in [-0.1, -0.05) is 46.8 Å². The van der Waals surface area contributed by atoms with Crippen molar-refractivity contribution in [1.82, 2.24) is 4.57 Å². The first-order chi connectivity index (χ1) is 21.3. The minimum absolute atomic E-state index is 0.138. The summed E-state index contributed by atoms with van der Waals surface area (Å²) in [5.74, 6) is -3.31. The fourth-order valence-corrected chi connectivity index (χ4v) is 8.75. The van der Waals surface area contributed by atoms with Crippen molar-refractivity contribution in [3.8, 4) is 0 Å². The molecule has 3 atom stereocenters. The molecular formula is C28H20ClN5O8S3. The standard InChI is InChI=1S/C28H20ClN5O8S3/c29-15-3-1-14(2-4-15)21-22-23(26(37)33(25(22)36)17-7-9-18(10-8-17)34(39)40)43-27-24(21)44-28(38)32(27)13-20(35)31-16-5-11-19(12-6-16)45(30,41)42/h1-12,21-23H,13H2,(H,31,35)(H2,30,41,42)/t21-,22-,23+/m0/s1. The Morgan fingerprint density at radius 1 is 0.978 bits per heavy atom. The molecule has 3 aromatic carbocycles. The maximum absolute atomic E-state index is 13.9. The van der Waals surface area contributed by atoms with Gasteiger partial charge in [0.15, 0.2) is 0 Å². The molecule has 13 nitrogen and oxygen atoms in total. The Kier molecular flexibility index (Phi) is 7.86. The lowest BCUT2D eigenvalue weighted by Gasteiger charge is -2.30. The maximum Gasteiger partial charge on any atom is 0.308 e. The Bertz CT molecular complexity index is 2050. The molecule has 3 amide bonds. The number of sulfonamides is 1. The number of nitrogens with zero attached hydrogens (tertiary/aromatic N) is 3. The van der Waals surface area contributed by atoms with E-state index in [4.69, 9.17) is 16.7 Å². The largest absolute Gasteiger partial charge is 0.325 e. The number of nitrogens with one attached hydrogen (secondary N) is 1. The van der Waals surface area contributed by atoms with Gasteiger partial charge in [-0.3, -0.25) is 33.9 Å². The predicted octanol–water partition coefficient (Wildman–Crippen LogP) is 3.55. The maximum atomic E-state index is 13.9. The van der Waals surface area contributed by atoms with Crippen molar-refractivity contribution in [2.24, 2.45) is 11.1 Å². The highest BCUT2D eigenvalue weighted by atomic mass is 35.5. The molecule has 3 heterocycles. The van der Waals surface area contributed by atoms with Crippen molar-refractivity contribution in [3.05, 3.63) is 108 Å². The average Bonchev–Trinajstić information content (AvgIpc) is 3.43. The quantitative estimate of drug-likeness (QED) is 0.166. The van der Waals surface area contributed by atoms with E-state index in [1.54, 1.807) is 24.3 Å². The molecule has 0 spiro atoms. The zero-order chi connectivity index (χ0) is 32.2. The van der Waals surface area contributed by atoms with Crippen molar-refractivity contribution in [3.63, 3.8) is 0 Å². The molecule has 1 aromatic heterocycles. The first-order valence-corrected chi connectivity index (χ1v) is 16.7. The van der Waals surface area contributed by atoms with E-state index in [9.17, 15) is 37.7 Å². The zero-order valence-electron chi connectivity index (χ0n) is 22.7. The molecule has 2 aliphatic heterocycles. The molecule has 45 heavy (non-hydrogen) atoms. The first kappa shape index (κ1) is 30.7. The molecule has 0 unspecified atom stereocenters. The smallest absolute Gasteiger partial charge is 0.308 e. The number of primary sulfonamides is 1. The summed E-state index contributed by atoms with van der Waals surface area (Å²) < 4.78 is 24.3. The van der Waals surface area contributed by atoms with Crippen molar-refractivity contribution in [1.29, 1.82) is 0 Å². The number of non-ortho nitro benzene ring substituents is 1. The number of thioether (sulfide) groups is 1. The molecule has 1 fully saturated rings. The Morgan fingerprint density at radius 3 is 2.22 bits per heavy atom. The summed E-state index contributed by atoms with van der Waals surface area (Å²) >= 11 is 8.00. The second-order valence-electron chi connectivity index (χ2n) is 10.1. The highest BCUT2D eigenvalue weighted by Gasteiger charge is 2.56. The summed E-state index contributed by atoms with van der Waals surface area (Å²) in [6.07, 6.45) is 0. The average molecular weight is 686 g/mol. The molecule has 230 valence electrons. The molecule has 0 radical (unpaired) electrons. The summed E-state index contributed by atoms with van der Waals surface area (Å²) in [6.45, 7) is -0.423. The number of aromatic nitrogens is 1. The molecule has 6 rings (SSSR count). The number of anilines is 2. The summed E-state index contributed by atoms with van der Waals surface area (Å²) in [5, 5.41) is 18.7. The SMILES string of the molecule is NS(=O)(=O)c1ccc(NC(=O)Cn2c3c(sc2=O)[C@@H](c2ccc(Cl)cc2)[C@@H]2C(=O)N(c4ccc([N+](=O)[O-])cc4)C(=O)[C@@H]2S3)cc1. The number of nitro benzene ring substituents is 1. The van der Waals surface area contributed by atoms with Crippen LogP contribution >= 0.6 is 34.7 Å². The van der Waals surface area contributed by atoms with Crippen LogP contribution in [0.5, 0.6) is 0 Å². The van der Waals surface area contributed by atoms with E-state index >= 15 is 0 Å². The number of nitro groups is 1. The third-order valence-electron chi connectivity index (χ3n) is 7.37. The summed E-state index contributed by atoms with van der Waals surface area (Å²) in [4.78, 5) is 65.5. The van der Waals surface area contributed by atoms with Gasteiger partial charge in [-0.05, 0) is 54.1 Å². The van der Waals surface area contributed by atoms with E-state index < -0.39 is 61.2 Å². The minimum atomic E-state index is -3.93. The van der Waals surface area contributed by atoms with E-state index in [0.29, 0.717) is 20.5 Å². The van der Waals surface area contributed by atoms with Crippen LogP contribution in [0.4, 0.5) is 17.1 Å². The molecule has 0 aliphatic carbocycles. The summed E-state index contributed by atoms with van der Waals surface area (Å²) in [7, 11) is -3.93. The topological polar surface area (TPSA) is 192 Å². The normalized spacial score (nSPS) is 19.2. The van der Waals surface area contributed by atoms with Crippen LogP contribution in [0.25, 0.3) is 0 Å². The molecule has 0 bridgehead atoms. The van der Waals surface area contributed by atoms with Crippen molar-refractivity contribution >= 4 is 79.5 Å². The second kappa shape index (κ2) is 11.5. The fraction of sp³-hybridized carbons (Fsp3) is 0.143. The number of imide groups is 1. The number of benzene rings is 3. The zero-order valence-corrected chi connectivity index (χ0v) is 25.9. The Hall–Kier alpha value is -4.35. The number of thiazole rings is 1. The number of carbonyl (C=O) groups excluding carboxylic acids is 3. The molecule has 17 heteroatoms. The van der Waals surface area contributed by atoms with Crippen molar-refractivity contribution in [2.45, 2.75) is 27.6 Å². The minimum Gasteiger partial charge on any atom is -0.325 e. The number of carbonyl (C=O) groups is 3. The van der Waals surface area contributed by atoms with E-state index in [-0.39, 0.29) is 22.0 Å². The van der Waals surface area contributed by atoms with E-state index in [2.05, 4.69) is 5.32 Å². The van der Waals surface area contributed by atoms with Gasteiger partial charge in [0, 0.05) is 33.6 Å². The van der Waals surface area contributed by atoms with Crippen LogP contribution in [0.15, 0.2) is 87.5 Å². The third kappa shape index (κ3) is 5.66. The number of rotatable bonds is 7. The van der Waals surface area contributed by atoms with Crippen molar-refractivity contribution < 1.29 is 27.7 Å². The van der Waals surface area contributed by atoms with Crippen LogP contribution in [-0.4, -0.2) is 40.9 Å². The number of fused-ring (bicyclic) bond motifs is 2. The van der Waals surface area contributed by atoms with Gasteiger partial charge in [0.1, 0.15) is 11.8 Å². The molecule has 3 N–H and O–H groups in total. The van der Waals surface area contributed by atoms with Gasteiger partial charge in [-0.15, -0.1) is 0 Å². The third-order valence-corrected chi connectivity index (χ3v) is 11.2. The second-order valence-corrected chi connectivity index (χ2v) is 14.2. The van der Waals surface area contributed by atoms with Gasteiger partial charge in [-0.25, -0.2) is 18.5 Å². The van der Waals surface area contributed by atoms with Crippen LogP contribution in [-0.2, 0) is 31.0 Å². The summed E-state index contributed by atoms with van der Waals surface area (Å²) in [6, 6.07) is 16.9. The van der Waals surface area contributed by atoms with Gasteiger partial charge in [0.25, 0.3) is 5.69 Å². The van der Waals surface area contributed by atoms with E-state index in [1.165, 1.54) is 53.1 Å². The number of hydrogen-bond acceptors (Lipinski definition) is 10. The van der Waals surface area contributed by atoms with Gasteiger partial charge in [0.05, 0.1) is 26.5 Å². The van der Waals surface area contributed by atoms with Gasteiger partial charge < -0.3 is 5.32 Å². The fourth-order valence-electron chi connectivity index (χ4n) is 5.33. The highest BCUT2D eigenvalue weighted by molar-refractivity contribution is 8.00. The van der Waals surface area contributed by atoms with Crippen LogP contribution in [0, 0.1) is 16.0 Å². The van der Waals surface area contributed by atoms with Crippen molar-refractivity contribution in [2.75, 3.05) is 10.2 Å². The van der Waals surface area contributed by atoms with Crippen LogP contribution in [0.2, 0.25) is 5.02 Å². The van der Waals surface area contributed by atoms with Gasteiger partial charge >= 0.3 is 4.87 Å². The van der Waals surface area contributed by atoms with E-state index in [0.717, 1.165) is 28.0 Å². The number of halogens is 1. The molecule has 2 aliphatic rings. The predicted molar refractivity (Wildman–Crippen MR) is 167 cm³/mol. The monoisotopic (exact) mass is 685 g/mol. The Labute approximate surface area is 267 Å². The van der Waals surface area contributed by atoms with Gasteiger partial charge in [-0.2, -0.15) is 0 Å². The molecule has 1 saturated heterocycles. The summed E-state index contributed by atoms with van der Waals surface area (Å²) in [5.41, 5.74) is 0.879. The first-order valence-electron chi connectivity index (χ1n) is 13.0. The lowest BCUT2D eigenvalue weighted by atomic mass is 9.83. The van der Waals surface area contributed by atoms with Crippen LogP contribution < -0.4 is 20.2 Å². The van der Waals surface area contributed by atoms with Crippen LogP contribution in [0.3, 0.4) is 0 Å². The molecule has 0 saturated carbocycles. The Balaban J connectivity index is 1.36. The van der Waals surface area contributed by atoms with Gasteiger partial charge in [0.2, 0.25) is 27.7 Å².